The van der Waals surface area contributed by atoms with Gasteiger partial charge in [-0.1, -0.05) is 6.07 Å². The lowest BCUT2D eigenvalue weighted by Gasteiger charge is -2.54. The zero-order chi connectivity index (χ0) is 23.5. The fourth-order valence-corrected chi connectivity index (χ4v) is 10.1. The van der Waals surface area contributed by atoms with Gasteiger partial charge in [-0.15, -0.1) is 0 Å². The second-order valence-corrected chi connectivity index (χ2v) is 13.1. The zero-order valence-electron chi connectivity index (χ0n) is 21.8. The third kappa shape index (κ3) is 2.91. The Kier molecular flexibility index (Phi) is 4.65. The van der Waals surface area contributed by atoms with E-state index in [1.165, 1.54) is 125 Å². The molecule has 8 aliphatic heterocycles. The van der Waals surface area contributed by atoms with Gasteiger partial charge >= 0.3 is 0 Å². The minimum atomic E-state index is 0.643. The quantitative estimate of drug-likeness (QED) is 0.495. The van der Waals surface area contributed by atoms with E-state index in [1.54, 1.807) is 0 Å². The highest BCUT2D eigenvalue weighted by Crippen LogP contribution is 2.41. The van der Waals surface area contributed by atoms with Crippen LogP contribution in [0.5, 0.6) is 0 Å². The summed E-state index contributed by atoms with van der Waals surface area (Å²) >= 11 is 0. The van der Waals surface area contributed by atoms with Gasteiger partial charge in [0.15, 0.2) is 12.3 Å². The molecule has 8 aliphatic rings. The Bertz CT molecular complexity index is 963. The molecule has 1 aromatic heterocycles. The minimum Gasteiger partial charge on any atom is -0.299 e. The maximum Gasteiger partial charge on any atom is 0.175 e. The first-order valence-electron chi connectivity index (χ1n) is 14.8. The summed E-state index contributed by atoms with van der Waals surface area (Å²) in [7, 11) is 0. The van der Waals surface area contributed by atoms with E-state index < -0.39 is 0 Å². The van der Waals surface area contributed by atoms with Crippen LogP contribution >= 0.6 is 0 Å². The Morgan fingerprint density at radius 1 is 0.528 bits per heavy atom. The SMILES string of the molecule is c1cc(C[N+]23CCN4CCN5CCN(CC2)C3C54)nc(C[N+]23CCN4CCN5CCN(CC2)C3C54)c1. The van der Waals surface area contributed by atoms with Crippen molar-refractivity contribution in [2.45, 2.75) is 37.8 Å². The van der Waals surface area contributed by atoms with Gasteiger partial charge in [0.1, 0.15) is 25.4 Å². The summed E-state index contributed by atoms with van der Waals surface area (Å²) < 4.78 is 2.49. The molecular weight excluding hydrogens is 450 g/mol. The van der Waals surface area contributed by atoms with Gasteiger partial charge in [0, 0.05) is 65.4 Å². The first-order valence-corrected chi connectivity index (χ1v) is 14.8. The van der Waals surface area contributed by atoms with E-state index in [1.807, 2.05) is 0 Å². The number of aromatic nitrogens is 1. The van der Waals surface area contributed by atoms with E-state index >= 15 is 0 Å². The van der Waals surface area contributed by atoms with Crippen molar-refractivity contribution in [1.82, 2.24) is 34.4 Å². The molecule has 8 saturated heterocycles. The number of hydrogen-bond acceptors (Lipinski definition) is 7. The van der Waals surface area contributed by atoms with E-state index in [9.17, 15) is 0 Å². The van der Waals surface area contributed by atoms with Crippen LogP contribution < -0.4 is 0 Å². The van der Waals surface area contributed by atoms with E-state index in [2.05, 4.69) is 47.6 Å². The second-order valence-electron chi connectivity index (χ2n) is 13.1. The lowest BCUT2D eigenvalue weighted by molar-refractivity contribution is -0.967. The van der Waals surface area contributed by atoms with E-state index in [-0.39, 0.29) is 0 Å². The minimum absolute atomic E-state index is 0.643. The van der Waals surface area contributed by atoms with Crippen molar-refractivity contribution < 1.29 is 8.97 Å². The maximum atomic E-state index is 5.44. The summed E-state index contributed by atoms with van der Waals surface area (Å²) in [6.45, 7) is 22.6. The van der Waals surface area contributed by atoms with Gasteiger partial charge in [0.2, 0.25) is 0 Å². The first kappa shape index (κ1) is 21.7. The summed E-state index contributed by atoms with van der Waals surface area (Å²) in [5.74, 6) is 0. The van der Waals surface area contributed by atoms with Crippen LogP contribution in [0.15, 0.2) is 18.2 Å². The Morgan fingerprint density at radius 3 is 1.33 bits per heavy atom. The highest BCUT2D eigenvalue weighted by atomic mass is 15.7. The monoisotopic (exact) mass is 493 g/mol. The smallest absolute Gasteiger partial charge is 0.175 e. The van der Waals surface area contributed by atoms with Crippen molar-refractivity contribution in [3.8, 4) is 0 Å². The number of rotatable bonds is 4. The molecule has 0 aromatic carbocycles. The number of nitrogens with zero attached hydrogens (tertiary/aromatic N) is 9. The summed E-state index contributed by atoms with van der Waals surface area (Å²) in [6.07, 6.45) is 2.59. The third-order valence-electron chi connectivity index (χ3n) is 11.7. The van der Waals surface area contributed by atoms with Crippen molar-refractivity contribution in [2.24, 2.45) is 0 Å². The summed E-state index contributed by atoms with van der Waals surface area (Å²) in [4.78, 5) is 22.2. The van der Waals surface area contributed by atoms with Gasteiger partial charge in [0.25, 0.3) is 0 Å². The van der Waals surface area contributed by atoms with Crippen LogP contribution in [-0.2, 0) is 13.1 Å². The van der Waals surface area contributed by atoms with E-state index in [4.69, 9.17) is 4.98 Å². The molecule has 6 unspecified atom stereocenters. The third-order valence-corrected chi connectivity index (χ3v) is 11.7. The molecule has 6 atom stereocenters. The molecule has 0 spiro atoms. The molecule has 0 radical (unpaired) electrons. The van der Waals surface area contributed by atoms with Crippen molar-refractivity contribution in [2.75, 3.05) is 105 Å². The second kappa shape index (κ2) is 7.70. The molecule has 0 N–H and O–H groups in total. The van der Waals surface area contributed by atoms with Crippen LogP contribution in [0.2, 0.25) is 0 Å². The Morgan fingerprint density at radius 2 is 0.889 bits per heavy atom. The van der Waals surface area contributed by atoms with Gasteiger partial charge in [-0.25, -0.2) is 14.8 Å². The predicted molar refractivity (Wildman–Crippen MR) is 136 cm³/mol. The molecule has 194 valence electrons. The molecular formula is C27H43N9+2. The Balaban J connectivity index is 0.998. The summed E-state index contributed by atoms with van der Waals surface area (Å²) in [5.41, 5.74) is 2.69. The molecule has 0 bridgehead atoms. The zero-order valence-corrected chi connectivity index (χ0v) is 21.8. The van der Waals surface area contributed by atoms with E-state index in [0.717, 1.165) is 13.1 Å². The Hall–Kier alpha value is -1.17. The highest BCUT2D eigenvalue weighted by Gasteiger charge is 2.62. The average Bonchev–Trinajstić information content (AvgIpc) is 3.66. The van der Waals surface area contributed by atoms with Crippen molar-refractivity contribution in [3.63, 3.8) is 0 Å². The molecule has 9 nitrogen and oxygen atoms in total. The van der Waals surface area contributed by atoms with Crippen LogP contribution in [-0.4, -0.2) is 173 Å². The largest absolute Gasteiger partial charge is 0.299 e. The first-order chi connectivity index (χ1) is 17.7. The molecule has 8 fully saturated rings. The van der Waals surface area contributed by atoms with Gasteiger partial charge in [-0.3, -0.25) is 28.6 Å². The normalized spacial score (nSPS) is 44.9. The lowest BCUT2D eigenvalue weighted by Crippen LogP contribution is -2.73. The van der Waals surface area contributed by atoms with Crippen LogP contribution in [0.1, 0.15) is 11.4 Å². The standard InChI is InChI=1S/C27H43N9/c1-2-22(20-35-16-12-31-6-4-29-8-10-33(14-18-35)26(35)24(29)31)28-23(3-1)21-36-17-13-32-7-5-30-9-11-34(15-19-36)27(36)25(30)32/h1-3,24-27H,4-21H2/q+2. The van der Waals surface area contributed by atoms with Crippen LogP contribution in [0.25, 0.3) is 0 Å². The molecule has 36 heavy (non-hydrogen) atoms. The fraction of sp³-hybridized carbons (Fsp3) is 0.815. The van der Waals surface area contributed by atoms with Gasteiger partial charge in [-0.2, -0.15) is 0 Å². The van der Waals surface area contributed by atoms with Gasteiger partial charge < -0.3 is 0 Å². The summed E-state index contributed by atoms with van der Waals surface area (Å²) in [5, 5.41) is 0. The topological polar surface area (TPSA) is 32.3 Å². The molecule has 0 aliphatic carbocycles. The van der Waals surface area contributed by atoms with Gasteiger partial charge in [0.05, 0.1) is 50.7 Å². The number of piperazine rings is 4. The number of hydrogen-bond donors (Lipinski definition) is 0. The predicted octanol–water partition coefficient (Wildman–Crippen LogP) is -1.06. The molecule has 9 heterocycles. The maximum absolute atomic E-state index is 5.44. The van der Waals surface area contributed by atoms with Crippen LogP contribution in [0.3, 0.4) is 0 Å². The van der Waals surface area contributed by atoms with Crippen LogP contribution in [0, 0.1) is 0 Å². The molecule has 1 aromatic rings. The van der Waals surface area contributed by atoms with E-state index in [0.29, 0.717) is 24.7 Å². The molecule has 0 amide bonds. The van der Waals surface area contributed by atoms with Crippen molar-refractivity contribution in [1.29, 1.82) is 0 Å². The fourth-order valence-electron chi connectivity index (χ4n) is 10.1. The molecule has 9 heteroatoms. The van der Waals surface area contributed by atoms with Crippen molar-refractivity contribution >= 4 is 0 Å². The average molecular weight is 494 g/mol. The highest BCUT2D eigenvalue weighted by molar-refractivity contribution is 5.11. The van der Waals surface area contributed by atoms with Crippen molar-refractivity contribution in [3.05, 3.63) is 29.6 Å². The van der Waals surface area contributed by atoms with Crippen LogP contribution in [0.4, 0.5) is 0 Å². The number of quaternary nitrogens is 2. The summed E-state index contributed by atoms with van der Waals surface area (Å²) in [6, 6.07) is 7.01. The lowest BCUT2D eigenvalue weighted by atomic mass is 10.1. The number of pyridine rings is 1. The molecule has 9 rings (SSSR count). The van der Waals surface area contributed by atoms with Gasteiger partial charge in [-0.05, 0) is 12.1 Å². The Labute approximate surface area is 215 Å². The molecule has 0 saturated carbocycles.